The van der Waals surface area contributed by atoms with Crippen LogP contribution < -0.4 is 15.4 Å². The fraction of sp³-hybridized carbons (Fsp3) is 0.353. The Labute approximate surface area is 140 Å². The summed E-state index contributed by atoms with van der Waals surface area (Å²) in [5, 5.41) is 5.69. The summed E-state index contributed by atoms with van der Waals surface area (Å²) in [6.45, 7) is 0. The van der Waals surface area contributed by atoms with Gasteiger partial charge in [-0.05, 0) is 24.1 Å². The van der Waals surface area contributed by atoms with Crippen molar-refractivity contribution in [2.45, 2.75) is 24.9 Å². The SMILES string of the molecule is COc1ccc([C@H](NC(=O)[C@@H]2CCC(=O)N2)c2nccn2C)cc1. The Morgan fingerprint density at radius 1 is 1.42 bits per heavy atom. The van der Waals surface area contributed by atoms with Gasteiger partial charge in [-0.25, -0.2) is 4.98 Å². The normalized spacial score (nSPS) is 18.1. The first-order valence-corrected chi connectivity index (χ1v) is 7.79. The standard InChI is InChI=1S/C17H20N4O3/c1-21-10-9-18-16(21)15(11-3-5-12(24-2)6-4-11)20-17(23)13-7-8-14(22)19-13/h3-6,9-10,13,15H,7-8H2,1-2H3,(H,19,22)(H,20,23)/t13-,15-/m0/s1. The molecule has 3 rings (SSSR count). The maximum atomic E-state index is 12.5. The number of amides is 2. The number of nitrogens with zero attached hydrogens (tertiary/aromatic N) is 2. The third kappa shape index (κ3) is 3.24. The van der Waals surface area contributed by atoms with Crippen molar-refractivity contribution in [1.29, 1.82) is 0 Å². The molecule has 1 saturated heterocycles. The fourth-order valence-electron chi connectivity index (χ4n) is 2.80. The van der Waals surface area contributed by atoms with Gasteiger partial charge in [-0.3, -0.25) is 9.59 Å². The van der Waals surface area contributed by atoms with E-state index in [9.17, 15) is 9.59 Å². The molecule has 2 N–H and O–H groups in total. The number of ether oxygens (including phenoxy) is 1. The number of nitrogens with one attached hydrogen (secondary N) is 2. The van der Waals surface area contributed by atoms with E-state index in [1.807, 2.05) is 42.1 Å². The smallest absolute Gasteiger partial charge is 0.243 e. The number of hydrogen-bond acceptors (Lipinski definition) is 4. The van der Waals surface area contributed by atoms with Crippen molar-refractivity contribution >= 4 is 11.8 Å². The van der Waals surface area contributed by atoms with Crippen LogP contribution in [0.4, 0.5) is 0 Å². The quantitative estimate of drug-likeness (QED) is 0.854. The van der Waals surface area contributed by atoms with Gasteiger partial charge in [-0.15, -0.1) is 0 Å². The number of benzene rings is 1. The predicted molar refractivity (Wildman–Crippen MR) is 87.4 cm³/mol. The Hall–Kier alpha value is -2.83. The van der Waals surface area contributed by atoms with Crippen LogP contribution in [0.15, 0.2) is 36.7 Å². The molecule has 2 aromatic rings. The van der Waals surface area contributed by atoms with Crippen molar-refractivity contribution in [3.05, 3.63) is 48.0 Å². The highest BCUT2D eigenvalue weighted by molar-refractivity contribution is 5.91. The van der Waals surface area contributed by atoms with Crippen LogP contribution in [-0.4, -0.2) is 34.5 Å². The third-order valence-electron chi connectivity index (χ3n) is 4.16. The van der Waals surface area contributed by atoms with E-state index in [1.165, 1.54) is 0 Å². The van der Waals surface area contributed by atoms with Crippen molar-refractivity contribution in [3.63, 3.8) is 0 Å². The maximum Gasteiger partial charge on any atom is 0.243 e. The summed E-state index contributed by atoms with van der Waals surface area (Å²) >= 11 is 0. The maximum absolute atomic E-state index is 12.5. The first-order valence-electron chi connectivity index (χ1n) is 7.79. The number of imidazole rings is 1. The van der Waals surface area contributed by atoms with E-state index in [2.05, 4.69) is 15.6 Å². The number of carbonyl (C=O) groups is 2. The van der Waals surface area contributed by atoms with E-state index in [0.29, 0.717) is 12.8 Å². The van der Waals surface area contributed by atoms with Gasteiger partial charge in [0.05, 0.1) is 7.11 Å². The van der Waals surface area contributed by atoms with Crippen LogP contribution in [0.5, 0.6) is 5.75 Å². The zero-order chi connectivity index (χ0) is 17.1. The molecule has 1 aromatic heterocycles. The lowest BCUT2D eigenvalue weighted by atomic mass is 10.0. The topological polar surface area (TPSA) is 85.2 Å². The van der Waals surface area contributed by atoms with E-state index >= 15 is 0 Å². The highest BCUT2D eigenvalue weighted by Gasteiger charge is 2.30. The van der Waals surface area contributed by atoms with Gasteiger partial charge in [0, 0.05) is 25.9 Å². The zero-order valence-corrected chi connectivity index (χ0v) is 13.7. The minimum Gasteiger partial charge on any atom is -0.497 e. The molecule has 2 amide bonds. The van der Waals surface area contributed by atoms with Gasteiger partial charge in [-0.1, -0.05) is 12.1 Å². The Kier molecular flexibility index (Phi) is 4.50. The van der Waals surface area contributed by atoms with E-state index in [-0.39, 0.29) is 11.8 Å². The molecule has 1 aromatic carbocycles. The molecule has 1 aliphatic heterocycles. The lowest BCUT2D eigenvalue weighted by molar-refractivity contribution is -0.126. The van der Waals surface area contributed by atoms with E-state index in [4.69, 9.17) is 4.74 Å². The molecule has 0 bridgehead atoms. The van der Waals surface area contributed by atoms with E-state index in [0.717, 1.165) is 17.1 Å². The van der Waals surface area contributed by atoms with Gasteiger partial charge in [-0.2, -0.15) is 0 Å². The Morgan fingerprint density at radius 3 is 2.71 bits per heavy atom. The molecular formula is C17H20N4O3. The second-order valence-electron chi connectivity index (χ2n) is 5.77. The van der Waals surface area contributed by atoms with Crippen LogP contribution in [0.25, 0.3) is 0 Å². The number of hydrogen-bond donors (Lipinski definition) is 2. The van der Waals surface area contributed by atoms with Crippen molar-refractivity contribution < 1.29 is 14.3 Å². The van der Waals surface area contributed by atoms with Gasteiger partial charge in [0.2, 0.25) is 11.8 Å². The molecule has 0 unspecified atom stereocenters. The van der Waals surface area contributed by atoms with Crippen LogP contribution in [0, 0.1) is 0 Å². The highest BCUT2D eigenvalue weighted by Crippen LogP contribution is 2.23. The third-order valence-corrected chi connectivity index (χ3v) is 4.16. The minimum atomic E-state index is -0.487. The molecule has 126 valence electrons. The number of carbonyl (C=O) groups excluding carboxylic acids is 2. The molecular weight excluding hydrogens is 308 g/mol. The summed E-state index contributed by atoms with van der Waals surface area (Å²) in [6, 6.07) is 6.58. The summed E-state index contributed by atoms with van der Waals surface area (Å²) in [6.07, 6.45) is 4.42. The molecule has 0 aliphatic carbocycles. The van der Waals surface area contributed by atoms with Gasteiger partial charge in [0.25, 0.3) is 0 Å². The monoisotopic (exact) mass is 328 g/mol. The first kappa shape index (κ1) is 16.0. The molecule has 7 nitrogen and oxygen atoms in total. The van der Waals surface area contributed by atoms with Gasteiger partial charge >= 0.3 is 0 Å². The Morgan fingerprint density at radius 2 is 2.17 bits per heavy atom. The Balaban J connectivity index is 1.86. The van der Waals surface area contributed by atoms with Crippen molar-refractivity contribution in [2.24, 2.45) is 7.05 Å². The number of rotatable bonds is 5. The summed E-state index contributed by atoms with van der Waals surface area (Å²) in [7, 11) is 3.48. The van der Waals surface area contributed by atoms with Gasteiger partial charge in [0.15, 0.2) is 0 Å². The first-order chi connectivity index (χ1) is 11.6. The van der Waals surface area contributed by atoms with Gasteiger partial charge < -0.3 is 19.9 Å². The molecule has 7 heteroatoms. The van der Waals surface area contributed by atoms with Crippen LogP contribution in [0.3, 0.4) is 0 Å². The Bertz CT molecular complexity index is 739. The predicted octanol–water partition coefficient (Wildman–Crippen LogP) is 0.913. The molecule has 0 saturated carbocycles. The average Bonchev–Trinajstić information content (AvgIpc) is 3.21. The van der Waals surface area contributed by atoms with Crippen molar-refractivity contribution in [1.82, 2.24) is 20.2 Å². The summed E-state index contributed by atoms with van der Waals surface area (Å²) < 4.78 is 7.05. The van der Waals surface area contributed by atoms with E-state index < -0.39 is 12.1 Å². The second kappa shape index (κ2) is 6.74. The van der Waals surface area contributed by atoms with E-state index in [1.54, 1.807) is 13.3 Å². The highest BCUT2D eigenvalue weighted by atomic mass is 16.5. The molecule has 0 spiro atoms. The van der Waals surface area contributed by atoms with Crippen LogP contribution in [0.1, 0.15) is 30.3 Å². The molecule has 2 heterocycles. The molecule has 1 fully saturated rings. The summed E-state index contributed by atoms with van der Waals surface area (Å²) in [4.78, 5) is 28.2. The lowest BCUT2D eigenvalue weighted by Gasteiger charge is -2.21. The summed E-state index contributed by atoms with van der Waals surface area (Å²) in [5.41, 5.74) is 0.891. The average molecular weight is 328 g/mol. The summed E-state index contributed by atoms with van der Waals surface area (Å²) in [5.74, 6) is 1.17. The largest absolute Gasteiger partial charge is 0.497 e. The second-order valence-corrected chi connectivity index (χ2v) is 5.77. The molecule has 1 aliphatic rings. The van der Waals surface area contributed by atoms with Gasteiger partial charge in [0.1, 0.15) is 23.7 Å². The fourth-order valence-corrected chi connectivity index (χ4v) is 2.80. The lowest BCUT2D eigenvalue weighted by Crippen LogP contribution is -2.43. The van der Waals surface area contributed by atoms with Crippen LogP contribution in [-0.2, 0) is 16.6 Å². The number of aryl methyl sites for hydroxylation is 1. The van der Waals surface area contributed by atoms with Crippen molar-refractivity contribution in [3.8, 4) is 5.75 Å². The number of aromatic nitrogens is 2. The zero-order valence-electron chi connectivity index (χ0n) is 13.7. The van der Waals surface area contributed by atoms with Crippen LogP contribution in [0.2, 0.25) is 0 Å². The van der Waals surface area contributed by atoms with Crippen LogP contribution >= 0.6 is 0 Å². The van der Waals surface area contributed by atoms with Crippen molar-refractivity contribution in [2.75, 3.05) is 7.11 Å². The number of methoxy groups -OCH3 is 1. The molecule has 0 radical (unpaired) electrons. The molecule has 24 heavy (non-hydrogen) atoms. The molecule has 2 atom stereocenters. The minimum absolute atomic E-state index is 0.0897.